The van der Waals surface area contributed by atoms with E-state index in [9.17, 15) is 28.0 Å². The van der Waals surface area contributed by atoms with Crippen molar-refractivity contribution in [3.8, 4) is 0 Å². The number of aliphatic hydroxyl groups excluding tert-OH is 2. The Bertz CT molecular complexity index is 870. The first kappa shape index (κ1) is 29.9. The van der Waals surface area contributed by atoms with Crippen LogP contribution in [0.15, 0.2) is 0 Å². The summed E-state index contributed by atoms with van der Waals surface area (Å²) in [4.78, 5) is 12.2. The average molecular weight is 522 g/mol. The molecule has 4 unspecified atom stereocenters. The molecule has 0 radical (unpaired) electrons. The second-order valence-electron chi connectivity index (χ2n) is 12.6. The molecule has 4 rings (SSSR count). The predicted molar refractivity (Wildman–Crippen MR) is 129 cm³/mol. The molecule has 4 aliphatic rings. The van der Waals surface area contributed by atoms with Crippen LogP contribution in [0.2, 0.25) is 0 Å². The van der Waals surface area contributed by atoms with Gasteiger partial charge in [-0.15, -0.1) is 0 Å². The van der Waals surface area contributed by atoms with E-state index in [1.807, 2.05) is 0 Å². The molecule has 0 aromatic carbocycles. The summed E-state index contributed by atoms with van der Waals surface area (Å²) in [5.74, 6) is 1.92. The van der Waals surface area contributed by atoms with Gasteiger partial charge < -0.3 is 20.1 Å². The minimum absolute atomic E-state index is 0. The second-order valence-corrected chi connectivity index (χ2v) is 14.1. The first-order chi connectivity index (χ1) is 15.8. The molecule has 0 bridgehead atoms. The van der Waals surface area contributed by atoms with Gasteiger partial charge in [-0.25, -0.2) is 8.42 Å². The molecule has 7 nitrogen and oxygen atoms in total. The number of hydrogen-bond donors (Lipinski definition) is 3. The van der Waals surface area contributed by atoms with Gasteiger partial charge in [-0.3, -0.25) is 4.79 Å². The zero-order chi connectivity index (χ0) is 24.9. The summed E-state index contributed by atoms with van der Waals surface area (Å²) in [5, 5.41) is 24.2. The molecule has 4 saturated carbocycles. The van der Waals surface area contributed by atoms with E-state index < -0.39 is 15.9 Å². The van der Waals surface area contributed by atoms with Gasteiger partial charge in [0, 0.05) is 13.0 Å². The fourth-order valence-electron chi connectivity index (χ4n) is 9.14. The molecule has 0 aliphatic heterocycles. The van der Waals surface area contributed by atoms with E-state index in [1.54, 1.807) is 0 Å². The van der Waals surface area contributed by atoms with E-state index in [2.05, 4.69) is 26.1 Å². The van der Waals surface area contributed by atoms with Gasteiger partial charge in [0.25, 0.3) is 0 Å². The summed E-state index contributed by atoms with van der Waals surface area (Å²) in [6, 6.07) is 0. The molecule has 1 amide bonds. The number of hydrogen-bond acceptors (Lipinski definition) is 6. The number of carbonyl (C=O) groups is 1. The molecule has 0 aromatic rings. The Balaban J connectivity index is 0.00000342. The molecule has 35 heavy (non-hydrogen) atoms. The first-order valence-corrected chi connectivity index (χ1v) is 15.0. The first-order valence-electron chi connectivity index (χ1n) is 13.4. The Morgan fingerprint density at radius 2 is 1.71 bits per heavy atom. The van der Waals surface area contributed by atoms with Crippen LogP contribution in [0, 0.1) is 46.3 Å². The summed E-state index contributed by atoms with van der Waals surface area (Å²) in [7, 11) is -4.31. The van der Waals surface area contributed by atoms with Crippen molar-refractivity contribution in [1.29, 1.82) is 0 Å². The minimum atomic E-state index is -4.31. The van der Waals surface area contributed by atoms with Crippen LogP contribution in [0.1, 0.15) is 85.0 Å². The number of nitrogens with one attached hydrogen (secondary N) is 1. The van der Waals surface area contributed by atoms with Gasteiger partial charge in [-0.2, -0.15) is 0 Å². The maximum Gasteiger partial charge on any atom is 1.00 e. The zero-order valence-electron chi connectivity index (χ0n) is 22.0. The number of aliphatic hydroxyl groups is 2. The van der Waals surface area contributed by atoms with E-state index in [1.165, 1.54) is 6.42 Å². The third-order valence-electron chi connectivity index (χ3n) is 10.9. The van der Waals surface area contributed by atoms with Crippen LogP contribution in [-0.4, -0.2) is 53.6 Å². The monoisotopic (exact) mass is 521 g/mol. The van der Waals surface area contributed by atoms with Crippen LogP contribution >= 0.6 is 0 Å². The molecule has 0 spiro atoms. The minimum Gasteiger partial charge on any atom is -0.748 e. The van der Waals surface area contributed by atoms with Crippen LogP contribution < -0.4 is 34.9 Å². The fraction of sp³-hybridized carbons (Fsp3) is 0.962. The van der Waals surface area contributed by atoms with Crippen molar-refractivity contribution in [2.45, 2.75) is 97.2 Å². The Kier molecular flexibility index (Phi) is 9.54. The van der Waals surface area contributed by atoms with Crippen LogP contribution in [0.4, 0.5) is 0 Å². The molecular formula is C26H44NNaO6S. The van der Waals surface area contributed by atoms with Crippen molar-refractivity contribution < 1.29 is 57.5 Å². The van der Waals surface area contributed by atoms with Crippen molar-refractivity contribution in [2.24, 2.45) is 46.3 Å². The third-order valence-corrected chi connectivity index (χ3v) is 11.6. The van der Waals surface area contributed by atoms with Crippen LogP contribution in [0.25, 0.3) is 0 Å². The van der Waals surface area contributed by atoms with E-state index in [0.717, 1.165) is 51.4 Å². The van der Waals surface area contributed by atoms with Crippen molar-refractivity contribution in [3.05, 3.63) is 0 Å². The molecule has 3 N–H and O–H groups in total. The molecule has 9 heteroatoms. The number of rotatable bonds is 7. The van der Waals surface area contributed by atoms with Gasteiger partial charge in [0.15, 0.2) is 0 Å². The maximum absolute atomic E-state index is 12.2. The molecule has 10 atom stereocenters. The normalized spacial score (nSPS) is 43.8. The molecular weight excluding hydrogens is 477 g/mol. The van der Waals surface area contributed by atoms with Gasteiger partial charge in [0.1, 0.15) is 0 Å². The Hall–Kier alpha value is 0.300. The van der Waals surface area contributed by atoms with E-state index in [0.29, 0.717) is 41.9 Å². The summed E-state index contributed by atoms with van der Waals surface area (Å²) < 4.78 is 32.2. The van der Waals surface area contributed by atoms with Crippen molar-refractivity contribution in [2.75, 3.05) is 12.3 Å². The van der Waals surface area contributed by atoms with E-state index in [4.69, 9.17) is 0 Å². The second kappa shape index (κ2) is 11.2. The molecule has 0 aromatic heterocycles. The molecule has 0 heterocycles. The van der Waals surface area contributed by atoms with Crippen LogP contribution in [-0.2, 0) is 14.9 Å². The van der Waals surface area contributed by atoms with Crippen molar-refractivity contribution in [1.82, 2.24) is 5.32 Å². The SMILES string of the molecule is C[C@H](CCC(=O)NCCS(=O)(=O)[O-])[C@H]1CCC2C3C(CC[C@@]21C)[C@@]1(C)CC[C@@H](O)CC1C[C@@H]3O.[Na+]. The molecule has 196 valence electrons. The average Bonchev–Trinajstić information content (AvgIpc) is 3.09. The van der Waals surface area contributed by atoms with Crippen LogP contribution in [0.3, 0.4) is 0 Å². The summed E-state index contributed by atoms with van der Waals surface area (Å²) in [6.07, 6.45) is 8.78. The fourth-order valence-corrected chi connectivity index (χ4v) is 9.49. The zero-order valence-corrected chi connectivity index (χ0v) is 24.9. The van der Waals surface area contributed by atoms with Crippen molar-refractivity contribution >= 4 is 16.0 Å². The smallest absolute Gasteiger partial charge is 0.748 e. The standard InChI is InChI=1S/C26H45NO6S.Na/c1-16(4-7-23(30)27-12-13-34(31,32)33)19-5-6-20-24-21(9-11-26(19,20)3)25(2)10-8-18(28)14-17(25)15-22(24)29;/h16-22,24,28-29H,4-15H2,1-3H3,(H,27,30)(H,31,32,33);/q;+1/p-1/t16-,17?,18-,19-,20?,21?,22+,24?,25+,26-;/m1./s1. The number of carbonyl (C=O) groups excluding carboxylic acids is 1. The maximum atomic E-state index is 12.2. The Labute approximate surface area is 233 Å². The van der Waals surface area contributed by atoms with Gasteiger partial charge in [-0.05, 0) is 104 Å². The van der Waals surface area contributed by atoms with Crippen LogP contribution in [0.5, 0.6) is 0 Å². The number of amides is 1. The largest absolute Gasteiger partial charge is 1.00 e. The molecule has 4 aliphatic carbocycles. The number of fused-ring (bicyclic) bond motifs is 5. The van der Waals surface area contributed by atoms with Crippen molar-refractivity contribution in [3.63, 3.8) is 0 Å². The van der Waals surface area contributed by atoms with E-state index >= 15 is 0 Å². The Morgan fingerprint density at radius 1 is 1.06 bits per heavy atom. The van der Waals surface area contributed by atoms with Gasteiger partial charge >= 0.3 is 29.6 Å². The third kappa shape index (κ3) is 5.99. The quantitative estimate of drug-likeness (QED) is 0.321. The van der Waals surface area contributed by atoms with Gasteiger partial charge in [0.2, 0.25) is 5.91 Å². The summed E-state index contributed by atoms with van der Waals surface area (Å²) in [6.45, 7) is 6.96. The topological polar surface area (TPSA) is 127 Å². The van der Waals surface area contributed by atoms with E-state index in [-0.39, 0.29) is 65.0 Å². The summed E-state index contributed by atoms with van der Waals surface area (Å²) >= 11 is 0. The molecule has 4 fully saturated rings. The summed E-state index contributed by atoms with van der Waals surface area (Å²) in [5.41, 5.74) is 0.399. The van der Waals surface area contributed by atoms with Gasteiger partial charge in [0.05, 0.1) is 28.1 Å². The molecule has 0 saturated heterocycles. The van der Waals surface area contributed by atoms with Gasteiger partial charge in [-0.1, -0.05) is 20.8 Å². The predicted octanol–water partition coefficient (Wildman–Crippen LogP) is 0.0587. The Morgan fingerprint density at radius 3 is 2.40 bits per heavy atom.